The molecule has 6 nitrogen and oxygen atoms in total. The minimum atomic E-state index is -0.224. The third-order valence-electron chi connectivity index (χ3n) is 8.03. The lowest BCUT2D eigenvalue weighted by molar-refractivity contribution is -0.677. The van der Waals surface area contributed by atoms with E-state index < -0.39 is 0 Å². The van der Waals surface area contributed by atoms with Gasteiger partial charge in [-0.05, 0) is 41.7 Å². The summed E-state index contributed by atoms with van der Waals surface area (Å²) in [6.07, 6.45) is 8.47. The van der Waals surface area contributed by atoms with Crippen LogP contribution in [0.25, 0.3) is 33.6 Å². The summed E-state index contributed by atoms with van der Waals surface area (Å²) in [5.74, 6) is 1.84. The van der Waals surface area contributed by atoms with E-state index in [4.69, 9.17) is 4.98 Å². The first kappa shape index (κ1) is 21.0. The molecular weight excluding hydrogens is 439 g/mol. The van der Waals surface area contributed by atoms with Crippen molar-refractivity contribution < 1.29 is 15.0 Å². The van der Waals surface area contributed by atoms with Gasteiger partial charge in [0.15, 0.2) is 11.6 Å². The van der Waals surface area contributed by atoms with Crippen molar-refractivity contribution in [3.63, 3.8) is 0 Å². The van der Waals surface area contributed by atoms with Gasteiger partial charge in [-0.15, -0.1) is 0 Å². The summed E-state index contributed by atoms with van der Waals surface area (Å²) < 4.78 is 15.2. The van der Waals surface area contributed by atoms with E-state index in [1.807, 2.05) is 12.1 Å². The van der Waals surface area contributed by atoms with Crippen molar-refractivity contribution in [2.24, 2.45) is 0 Å². The number of H-pyrrole nitrogens is 2. The van der Waals surface area contributed by atoms with Crippen molar-refractivity contribution in [2.45, 2.75) is 50.6 Å². The standard InChI is InChI=1S/C28H29FN6/c29-21-14-17(6-9-20(21)25-15-32-27(34-25)23-3-1-11-30-23)16-5-8-19-18(13-16)7-10-22-26(19)35-28(33-22)24-4-2-12-31-24/h5-6,8-9,13-15,23-24,30-31H,1-4,7,10-12H2,(H,32,34)(H,33,35)/p+2. The van der Waals surface area contributed by atoms with Gasteiger partial charge in [0, 0.05) is 42.5 Å². The molecule has 2 atom stereocenters. The highest BCUT2D eigenvalue weighted by Crippen LogP contribution is 2.36. The highest BCUT2D eigenvalue weighted by molar-refractivity contribution is 5.76. The van der Waals surface area contributed by atoms with E-state index in [0.29, 0.717) is 17.6 Å². The second-order valence-corrected chi connectivity index (χ2v) is 10.2. The molecule has 0 bridgehead atoms. The van der Waals surface area contributed by atoms with Crippen LogP contribution in [0.1, 0.15) is 60.7 Å². The summed E-state index contributed by atoms with van der Waals surface area (Å²) in [6.45, 7) is 2.32. The van der Waals surface area contributed by atoms with Crippen LogP contribution in [-0.4, -0.2) is 33.0 Å². The SMILES string of the molecule is Fc1cc(-c2ccc3c(c2)CCc2[nH]c(C4CCC[NH2+]4)nc2-3)ccc1-c1cnc(C2CCC[NH2+]2)[nH]1. The van der Waals surface area contributed by atoms with Crippen molar-refractivity contribution in [1.82, 2.24) is 19.9 Å². The third kappa shape index (κ3) is 3.70. The average molecular weight is 471 g/mol. The third-order valence-corrected chi connectivity index (χ3v) is 8.03. The molecule has 7 heteroatoms. The number of halogens is 1. The minimum absolute atomic E-state index is 0.224. The Labute approximate surface area is 203 Å². The summed E-state index contributed by atoms with van der Waals surface area (Å²) in [5, 5.41) is 4.70. The molecule has 2 aromatic heterocycles. The molecule has 0 radical (unpaired) electrons. The lowest BCUT2D eigenvalue weighted by Crippen LogP contribution is -2.82. The van der Waals surface area contributed by atoms with Crippen molar-refractivity contribution in [1.29, 1.82) is 0 Å². The van der Waals surface area contributed by atoms with E-state index >= 15 is 4.39 Å². The Morgan fingerprint density at radius 3 is 2.31 bits per heavy atom. The molecule has 0 saturated carbocycles. The smallest absolute Gasteiger partial charge is 0.165 e. The van der Waals surface area contributed by atoms with E-state index in [9.17, 15) is 0 Å². The summed E-state index contributed by atoms with van der Waals surface area (Å²) in [7, 11) is 0. The first-order valence-electron chi connectivity index (χ1n) is 13.0. The molecular formula is C28H31FN6+2. The zero-order chi connectivity index (χ0) is 23.4. The number of benzene rings is 2. The lowest BCUT2D eigenvalue weighted by atomic mass is 9.89. The zero-order valence-electron chi connectivity index (χ0n) is 19.8. The Bertz CT molecular complexity index is 1390. The van der Waals surface area contributed by atoms with Gasteiger partial charge >= 0.3 is 0 Å². The second kappa shape index (κ2) is 8.43. The molecule has 4 aromatic rings. The van der Waals surface area contributed by atoms with Gasteiger partial charge in [-0.1, -0.05) is 24.3 Å². The van der Waals surface area contributed by atoms with Crippen LogP contribution in [0.3, 0.4) is 0 Å². The lowest BCUT2D eigenvalue weighted by Gasteiger charge is -2.16. The number of nitrogens with one attached hydrogen (secondary N) is 2. The van der Waals surface area contributed by atoms with Gasteiger partial charge in [0.1, 0.15) is 17.9 Å². The van der Waals surface area contributed by atoms with Crippen LogP contribution in [0.4, 0.5) is 4.39 Å². The zero-order valence-corrected chi connectivity index (χ0v) is 19.8. The number of aromatic nitrogens is 4. The Morgan fingerprint density at radius 1 is 0.829 bits per heavy atom. The molecule has 2 aromatic carbocycles. The Hall–Kier alpha value is -3.29. The van der Waals surface area contributed by atoms with Gasteiger partial charge in [0.2, 0.25) is 0 Å². The topological polar surface area (TPSA) is 90.6 Å². The number of hydrogen-bond donors (Lipinski definition) is 4. The second-order valence-electron chi connectivity index (χ2n) is 10.2. The van der Waals surface area contributed by atoms with Gasteiger partial charge in [-0.25, -0.2) is 14.4 Å². The molecule has 1 aliphatic carbocycles. The predicted octanol–water partition coefficient (Wildman–Crippen LogP) is 3.17. The molecule has 2 fully saturated rings. The maximum atomic E-state index is 15.2. The van der Waals surface area contributed by atoms with Gasteiger partial charge in [-0.2, -0.15) is 0 Å². The number of rotatable bonds is 4. The molecule has 2 saturated heterocycles. The quantitative estimate of drug-likeness (QED) is 0.369. The van der Waals surface area contributed by atoms with E-state index in [-0.39, 0.29) is 5.82 Å². The number of aryl methyl sites for hydroxylation is 2. The van der Waals surface area contributed by atoms with Crippen LogP contribution in [0.15, 0.2) is 42.6 Å². The summed E-state index contributed by atoms with van der Waals surface area (Å²) in [6, 6.07) is 12.8. The summed E-state index contributed by atoms with van der Waals surface area (Å²) in [4.78, 5) is 16.5. The molecule has 35 heavy (non-hydrogen) atoms. The number of fused-ring (bicyclic) bond motifs is 3. The van der Waals surface area contributed by atoms with Crippen LogP contribution in [0.5, 0.6) is 0 Å². The number of quaternary nitrogens is 2. The van der Waals surface area contributed by atoms with Crippen molar-refractivity contribution >= 4 is 0 Å². The number of aromatic amines is 2. The molecule has 3 aliphatic rings. The van der Waals surface area contributed by atoms with E-state index in [1.54, 1.807) is 12.3 Å². The highest BCUT2D eigenvalue weighted by atomic mass is 19.1. The summed E-state index contributed by atoms with van der Waals surface area (Å²) in [5.41, 5.74) is 8.11. The molecule has 0 spiro atoms. The van der Waals surface area contributed by atoms with E-state index in [2.05, 4.69) is 43.8 Å². The molecule has 2 unspecified atom stereocenters. The van der Waals surface area contributed by atoms with Crippen LogP contribution in [-0.2, 0) is 12.8 Å². The van der Waals surface area contributed by atoms with E-state index in [0.717, 1.165) is 60.0 Å². The van der Waals surface area contributed by atoms with Crippen molar-refractivity contribution in [3.8, 4) is 33.6 Å². The predicted molar refractivity (Wildman–Crippen MR) is 132 cm³/mol. The normalized spacial score (nSPS) is 21.3. The summed E-state index contributed by atoms with van der Waals surface area (Å²) >= 11 is 0. The first-order valence-corrected chi connectivity index (χ1v) is 13.0. The van der Waals surface area contributed by atoms with E-state index in [1.165, 1.54) is 42.6 Å². The number of nitrogens with two attached hydrogens (primary N) is 2. The monoisotopic (exact) mass is 470 g/mol. The number of nitrogens with zero attached hydrogens (tertiary/aromatic N) is 2. The first-order chi connectivity index (χ1) is 17.2. The van der Waals surface area contributed by atoms with Gasteiger partial charge in [-0.3, -0.25) is 0 Å². The van der Waals surface area contributed by atoms with Gasteiger partial charge in [0.05, 0.1) is 30.7 Å². The number of hydrogen-bond acceptors (Lipinski definition) is 2. The highest BCUT2D eigenvalue weighted by Gasteiger charge is 2.28. The maximum absolute atomic E-state index is 15.2. The maximum Gasteiger partial charge on any atom is 0.165 e. The molecule has 178 valence electrons. The minimum Gasteiger partial charge on any atom is -0.340 e. The van der Waals surface area contributed by atoms with Crippen LogP contribution in [0, 0.1) is 5.82 Å². The van der Waals surface area contributed by atoms with Crippen LogP contribution < -0.4 is 10.6 Å². The molecule has 2 aliphatic heterocycles. The molecule has 7 rings (SSSR count). The van der Waals surface area contributed by atoms with Gasteiger partial charge in [0.25, 0.3) is 0 Å². The molecule has 6 N–H and O–H groups in total. The van der Waals surface area contributed by atoms with Crippen LogP contribution in [0.2, 0.25) is 0 Å². The Kier molecular flexibility index (Phi) is 5.06. The fourth-order valence-corrected chi connectivity index (χ4v) is 6.10. The molecule has 0 amide bonds. The van der Waals surface area contributed by atoms with Crippen LogP contribution >= 0.6 is 0 Å². The fraction of sp³-hybridized carbons (Fsp3) is 0.357. The number of imidazole rings is 2. The van der Waals surface area contributed by atoms with Crippen molar-refractivity contribution in [3.05, 3.63) is 71.3 Å². The average Bonchev–Trinajstić information content (AvgIpc) is 3.69. The Morgan fingerprint density at radius 2 is 1.57 bits per heavy atom. The molecule has 4 heterocycles. The fourth-order valence-electron chi connectivity index (χ4n) is 6.10. The largest absolute Gasteiger partial charge is 0.340 e. The van der Waals surface area contributed by atoms with Crippen molar-refractivity contribution in [2.75, 3.05) is 13.1 Å². The van der Waals surface area contributed by atoms with Gasteiger partial charge < -0.3 is 20.6 Å². The Balaban J connectivity index is 1.16.